The molecule has 30 heavy (non-hydrogen) atoms. The van der Waals surface area contributed by atoms with Crippen LogP contribution in [0.25, 0.3) is 11.1 Å². The predicted molar refractivity (Wildman–Crippen MR) is 115 cm³/mol. The number of aromatic nitrogens is 2. The maximum atomic E-state index is 14.1. The number of hydrogen-bond donors (Lipinski definition) is 1. The van der Waals surface area contributed by atoms with Gasteiger partial charge in [-0.2, -0.15) is 0 Å². The summed E-state index contributed by atoms with van der Waals surface area (Å²) >= 11 is 3.41. The lowest BCUT2D eigenvalue weighted by molar-refractivity contribution is 0.0690. The number of carboxylic acid groups (broad SMARTS) is 1. The molecule has 0 saturated heterocycles. The fraction of sp³-hybridized carbons (Fsp3) is 0.174. The smallest absolute Gasteiger partial charge is 0.356 e. The lowest BCUT2D eigenvalue weighted by Gasteiger charge is -2.15. The van der Waals surface area contributed by atoms with E-state index in [1.165, 1.54) is 18.3 Å². The van der Waals surface area contributed by atoms with Crippen molar-refractivity contribution in [1.29, 1.82) is 0 Å². The van der Waals surface area contributed by atoms with Crippen LogP contribution >= 0.6 is 15.9 Å². The number of carboxylic acids is 1. The Morgan fingerprint density at radius 2 is 1.87 bits per heavy atom. The maximum absolute atomic E-state index is 14.1. The van der Waals surface area contributed by atoms with Gasteiger partial charge < -0.3 is 9.84 Å². The Kier molecular flexibility index (Phi) is 5.90. The number of ether oxygens (including phenoxy) is 1. The van der Waals surface area contributed by atoms with Gasteiger partial charge in [0.1, 0.15) is 18.2 Å². The van der Waals surface area contributed by atoms with E-state index in [0.29, 0.717) is 23.6 Å². The highest BCUT2D eigenvalue weighted by molar-refractivity contribution is 9.10. The fourth-order valence-electron chi connectivity index (χ4n) is 3.54. The SMILES string of the molecule is O=C(O)c1cncc(C2=C(c3cc(F)ccc3OCc3ccc(Br)cc3)CCC2)n1. The number of rotatable bonds is 6. The van der Waals surface area contributed by atoms with Gasteiger partial charge in [0, 0.05) is 10.0 Å². The van der Waals surface area contributed by atoms with E-state index in [1.807, 2.05) is 24.3 Å². The van der Waals surface area contributed by atoms with E-state index in [2.05, 4.69) is 25.9 Å². The van der Waals surface area contributed by atoms with Gasteiger partial charge in [-0.05, 0) is 66.3 Å². The van der Waals surface area contributed by atoms with Crippen LogP contribution in [0.3, 0.4) is 0 Å². The molecule has 0 atom stereocenters. The van der Waals surface area contributed by atoms with E-state index in [9.17, 15) is 14.3 Å². The van der Waals surface area contributed by atoms with Crippen molar-refractivity contribution in [3.63, 3.8) is 0 Å². The molecule has 3 aromatic rings. The standard InChI is InChI=1S/C23H18BrFN2O3/c24-15-6-4-14(5-7-15)13-30-22-9-8-16(25)10-19(22)17-2-1-3-18(17)20-11-26-12-21(27-20)23(28)29/h4-12H,1-3,13H2,(H,28,29). The summed E-state index contributed by atoms with van der Waals surface area (Å²) in [5.41, 5.74) is 3.85. The molecule has 0 amide bonds. The first kappa shape index (κ1) is 20.2. The fourth-order valence-corrected chi connectivity index (χ4v) is 3.81. The minimum atomic E-state index is -1.13. The summed E-state index contributed by atoms with van der Waals surface area (Å²) < 4.78 is 21.1. The van der Waals surface area contributed by atoms with Crippen LogP contribution in [0.15, 0.2) is 59.3 Å². The van der Waals surface area contributed by atoms with Crippen molar-refractivity contribution in [2.45, 2.75) is 25.9 Å². The van der Waals surface area contributed by atoms with Crippen LogP contribution < -0.4 is 4.74 Å². The minimum Gasteiger partial charge on any atom is -0.488 e. The molecule has 0 fully saturated rings. The summed E-state index contributed by atoms with van der Waals surface area (Å²) in [7, 11) is 0. The average Bonchev–Trinajstić information content (AvgIpc) is 3.24. The Labute approximate surface area is 181 Å². The van der Waals surface area contributed by atoms with E-state index in [0.717, 1.165) is 40.4 Å². The monoisotopic (exact) mass is 468 g/mol. The second-order valence-corrected chi connectivity index (χ2v) is 7.88. The zero-order valence-electron chi connectivity index (χ0n) is 15.9. The molecule has 1 aliphatic rings. The topological polar surface area (TPSA) is 72.3 Å². The molecule has 0 radical (unpaired) electrons. The molecule has 152 valence electrons. The highest BCUT2D eigenvalue weighted by atomic mass is 79.9. The molecule has 1 N–H and O–H groups in total. The molecular formula is C23H18BrFN2O3. The van der Waals surface area contributed by atoms with Gasteiger partial charge in [0.25, 0.3) is 0 Å². The van der Waals surface area contributed by atoms with Crippen LogP contribution in [0.4, 0.5) is 4.39 Å². The molecule has 1 heterocycles. The Balaban J connectivity index is 1.70. The first-order valence-corrected chi connectivity index (χ1v) is 10.3. The van der Waals surface area contributed by atoms with Crippen molar-refractivity contribution < 1.29 is 19.0 Å². The average molecular weight is 469 g/mol. The van der Waals surface area contributed by atoms with Crippen molar-refractivity contribution in [2.24, 2.45) is 0 Å². The quantitative estimate of drug-likeness (QED) is 0.498. The summed E-state index contributed by atoms with van der Waals surface area (Å²) in [6, 6.07) is 12.3. The molecule has 1 aromatic heterocycles. The van der Waals surface area contributed by atoms with Crippen molar-refractivity contribution in [3.8, 4) is 5.75 Å². The third-order valence-corrected chi connectivity index (χ3v) is 5.48. The Hall–Kier alpha value is -3.06. The van der Waals surface area contributed by atoms with E-state index in [-0.39, 0.29) is 11.5 Å². The van der Waals surface area contributed by atoms with Gasteiger partial charge in [0.05, 0.1) is 18.1 Å². The largest absolute Gasteiger partial charge is 0.488 e. The molecular weight excluding hydrogens is 451 g/mol. The molecule has 1 aliphatic carbocycles. The highest BCUT2D eigenvalue weighted by Gasteiger charge is 2.23. The van der Waals surface area contributed by atoms with Crippen LogP contribution in [0, 0.1) is 5.82 Å². The van der Waals surface area contributed by atoms with Crippen molar-refractivity contribution in [2.75, 3.05) is 0 Å². The van der Waals surface area contributed by atoms with E-state index < -0.39 is 5.97 Å². The van der Waals surface area contributed by atoms with Gasteiger partial charge >= 0.3 is 5.97 Å². The summed E-state index contributed by atoms with van der Waals surface area (Å²) in [5.74, 6) is -0.907. The zero-order chi connectivity index (χ0) is 21.1. The highest BCUT2D eigenvalue weighted by Crippen LogP contribution is 2.42. The third kappa shape index (κ3) is 4.41. The molecule has 5 nitrogen and oxygen atoms in total. The lowest BCUT2D eigenvalue weighted by Crippen LogP contribution is -2.04. The second-order valence-electron chi connectivity index (χ2n) is 6.96. The number of benzene rings is 2. The van der Waals surface area contributed by atoms with Crippen LogP contribution in [-0.2, 0) is 6.61 Å². The number of aromatic carboxylic acids is 1. The van der Waals surface area contributed by atoms with Gasteiger partial charge in [-0.25, -0.2) is 14.2 Å². The first-order valence-electron chi connectivity index (χ1n) is 9.46. The van der Waals surface area contributed by atoms with Crippen molar-refractivity contribution in [1.82, 2.24) is 9.97 Å². The van der Waals surface area contributed by atoms with Gasteiger partial charge in [0.2, 0.25) is 0 Å². The molecule has 0 unspecified atom stereocenters. The summed E-state index contributed by atoms with van der Waals surface area (Å²) in [5, 5.41) is 9.22. The van der Waals surface area contributed by atoms with E-state index >= 15 is 0 Å². The van der Waals surface area contributed by atoms with Gasteiger partial charge in [-0.3, -0.25) is 4.98 Å². The van der Waals surface area contributed by atoms with Crippen LogP contribution in [0.1, 0.15) is 46.6 Å². The van der Waals surface area contributed by atoms with Crippen molar-refractivity contribution >= 4 is 33.0 Å². The van der Waals surface area contributed by atoms with Gasteiger partial charge in [-0.1, -0.05) is 28.1 Å². The zero-order valence-corrected chi connectivity index (χ0v) is 17.5. The van der Waals surface area contributed by atoms with Crippen molar-refractivity contribution in [3.05, 3.63) is 87.7 Å². The molecule has 2 aromatic carbocycles. The molecule has 4 rings (SSSR count). The molecule has 0 spiro atoms. The Bertz CT molecular complexity index is 1130. The maximum Gasteiger partial charge on any atom is 0.356 e. The number of allylic oxidation sites excluding steroid dienone is 2. The number of halogens is 2. The second kappa shape index (κ2) is 8.75. The molecule has 0 aliphatic heterocycles. The third-order valence-electron chi connectivity index (χ3n) is 4.96. The number of hydrogen-bond acceptors (Lipinski definition) is 4. The molecule has 0 bridgehead atoms. The van der Waals surface area contributed by atoms with E-state index in [1.54, 1.807) is 12.3 Å². The minimum absolute atomic E-state index is 0.114. The lowest BCUT2D eigenvalue weighted by atomic mass is 9.99. The van der Waals surface area contributed by atoms with Gasteiger partial charge in [0.15, 0.2) is 5.69 Å². The Morgan fingerprint density at radius 1 is 1.10 bits per heavy atom. The van der Waals surface area contributed by atoms with Crippen LogP contribution in [0.2, 0.25) is 0 Å². The predicted octanol–water partition coefficient (Wildman–Crippen LogP) is 5.75. The number of carbonyl (C=O) groups is 1. The molecule has 0 saturated carbocycles. The Morgan fingerprint density at radius 3 is 2.63 bits per heavy atom. The number of nitrogens with zero attached hydrogens (tertiary/aromatic N) is 2. The van der Waals surface area contributed by atoms with Crippen LogP contribution in [0.5, 0.6) is 5.75 Å². The van der Waals surface area contributed by atoms with E-state index in [4.69, 9.17) is 4.74 Å². The summed E-state index contributed by atoms with van der Waals surface area (Å²) in [6.07, 6.45) is 5.08. The summed E-state index contributed by atoms with van der Waals surface area (Å²) in [4.78, 5) is 19.5. The summed E-state index contributed by atoms with van der Waals surface area (Å²) in [6.45, 7) is 0.350. The van der Waals surface area contributed by atoms with Crippen LogP contribution in [-0.4, -0.2) is 21.0 Å². The normalized spacial score (nSPS) is 13.5. The molecule has 7 heteroatoms. The first-order chi connectivity index (χ1) is 14.5. The van der Waals surface area contributed by atoms with Gasteiger partial charge in [-0.15, -0.1) is 0 Å².